The summed E-state index contributed by atoms with van der Waals surface area (Å²) >= 11 is 0. The standard InChI is InChI=1S/C16H21F3N2O/c1-11(12-5-7-20-8-6-12)9-15(22)21-14-4-2-3-13(10-14)16(17,18)19/h2-4,10-12,20H,5-9H2,1H3,(H,21,22). The number of carbonyl (C=O) groups is 1. The number of nitrogens with one attached hydrogen (secondary N) is 2. The third-order valence-corrected chi connectivity index (χ3v) is 4.17. The van der Waals surface area contributed by atoms with Crippen LogP contribution in [0.25, 0.3) is 0 Å². The first-order valence-electron chi connectivity index (χ1n) is 7.54. The molecule has 22 heavy (non-hydrogen) atoms. The molecule has 0 bridgehead atoms. The highest BCUT2D eigenvalue weighted by Gasteiger charge is 2.30. The second-order valence-corrected chi connectivity index (χ2v) is 5.90. The molecule has 122 valence electrons. The molecule has 0 radical (unpaired) electrons. The van der Waals surface area contributed by atoms with E-state index in [-0.39, 0.29) is 17.5 Å². The summed E-state index contributed by atoms with van der Waals surface area (Å²) in [6.45, 7) is 3.95. The smallest absolute Gasteiger partial charge is 0.326 e. The van der Waals surface area contributed by atoms with Crippen LogP contribution in [-0.2, 0) is 11.0 Å². The molecule has 1 aromatic carbocycles. The van der Waals surface area contributed by atoms with Crippen LogP contribution >= 0.6 is 0 Å². The fourth-order valence-corrected chi connectivity index (χ4v) is 2.86. The summed E-state index contributed by atoms with van der Waals surface area (Å²) in [6.07, 6.45) is -1.99. The van der Waals surface area contributed by atoms with E-state index in [1.54, 1.807) is 0 Å². The highest BCUT2D eigenvalue weighted by Crippen LogP contribution is 2.31. The first kappa shape index (κ1) is 16.8. The van der Waals surface area contributed by atoms with E-state index in [0.717, 1.165) is 38.1 Å². The van der Waals surface area contributed by atoms with Gasteiger partial charge in [0.05, 0.1) is 5.56 Å². The fourth-order valence-electron chi connectivity index (χ4n) is 2.86. The maximum absolute atomic E-state index is 12.6. The van der Waals surface area contributed by atoms with E-state index in [0.29, 0.717) is 12.3 Å². The molecule has 1 atom stereocenters. The lowest BCUT2D eigenvalue weighted by Crippen LogP contribution is -2.32. The summed E-state index contributed by atoms with van der Waals surface area (Å²) in [5.41, 5.74) is -0.561. The summed E-state index contributed by atoms with van der Waals surface area (Å²) in [7, 11) is 0. The number of alkyl halides is 3. The normalized spacial score (nSPS) is 18.0. The average molecular weight is 314 g/mol. The first-order valence-corrected chi connectivity index (χ1v) is 7.54. The molecule has 0 spiro atoms. The lowest BCUT2D eigenvalue weighted by atomic mass is 9.84. The minimum atomic E-state index is -4.40. The molecule has 0 aromatic heterocycles. The summed E-state index contributed by atoms with van der Waals surface area (Å²) < 4.78 is 37.9. The number of halogens is 3. The summed E-state index contributed by atoms with van der Waals surface area (Å²) in [5, 5.41) is 5.85. The maximum atomic E-state index is 12.6. The molecule has 2 N–H and O–H groups in total. The van der Waals surface area contributed by atoms with Crippen molar-refractivity contribution >= 4 is 11.6 Å². The van der Waals surface area contributed by atoms with Gasteiger partial charge in [0.1, 0.15) is 0 Å². The van der Waals surface area contributed by atoms with Gasteiger partial charge in [-0.25, -0.2) is 0 Å². The van der Waals surface area contributed by atoms with Gasteiger partial charge in [0, 0.05) is 12.1 Å². The number of anilines is 1. The van der Waals surface area contributed by atoms with Crippen LogP contribution in [0.5, 0.6) is 0 Å². The quantitative estimate of drug-likeness (QED) is 0.890. The van der Waals surface area contributed by atoms with Gasteiger partial charge in [-0.2, -0.15) is 13.2 Å². The first-order chi connectivity index (χ1) is 10.4. The Labute approximate surface area is 128 Å². The van der Waals surface area contributed by atoms with Gasteiger partial charge in [0.2, 0.25) is 5.91 Å². The number of rotatable bonds is 4. The molecular weight excluding hydrogens is 293 g/mol. The number of amides is 1. The van der Waals surface area contributed by atoms with E-state index in [1.807, 2.05) is 6.92 Å². The molecule has 3 nitrogen and oxygen atoms in total. The van der Waals surface area contributed by atoms with Crippen LogP contribution in [-0.4, -0.2) is 19.0 Å². The van der Waals surface area contributed by atoms with Crippen molar-refractivity contribution in [2.45, 2.75) is 32.4 Å². The fraction of sp³-hybridized carbons (Fsp3) is 0.562. The molecule has 1 amide bonds. The second kappa shape index (κ2) is 7.13. The SMILES string of the molecule is CC(CC(=O)Nc1cccc(C(F)(F)F)c1)C1CCNCC1. The molecule has 1 heterocycles. The van der Waals surface area contributed by atoms with Crippen LogP contribution in [0, 0.1) is 11.8 Å². The van der Waals surface area contributed by atoms with E-state index >= 15 is 0 Å². The van der Waals surface area contributed by atoms with Crippen LogP contribution in [0.4, 0.5) is 18.9 Å². The Hall–Kier alpha value is -1.56. The summed E-state index contributed by atoms with van der Waals surface area (Å²) in [5.74, 6) is 0.492. The van der Waals surface area contributed by atoms with Crippen molar-refractivity contribution in [1.82, 2.24) is 5.32 Å². The molecule has 1 aliphatic rings. The molecule has 1 fully saturated rings. The van der Waals surface area contributed by atoms with E-state index in [9.17, 15) is 18.0 Å². The van der Waals surface area contributed by atoms with Crippen LogP contribution in [0.1, 0.15) is 31.7 Å². The zero-order valence-electron chi connectivity index (χ0n) is 12.5. The van der Waals surface area contributed by atoms with Crippen molar-refractivity contribution in [3.8, 4) is 0 Å². The zero-order valence-corrected chi connectivity index (χ0v) is 12.5. The van der Waals surface area contributed by atoms with Gasteiger partial charge < -0.3 is 10.6 Å². The number of carbonyl (C=O) groups excluding carboxylic acids is 1. The van der Waals surface area contributed by atoms with Crippen molar-refractivity contribution in [3.63, 3.8) is 0 Å². The molecule has 1 saturated heterocycles. The molecule has 0 aliphatic carbocycles. The summed E-state index contributed by atoms with van der Waals surface area (Å²) in [6, 6.07) is 4.73. The highest BCUT2D eigenvalue weighted by molar-refractivity contribution is 5.90. The van der Waals surface area contributed by atoms with Gasteiger partial charge >= 0.3 is 6.18 Å². The molecule has 1 unspecified atom stereocenters. The molecule has 2 rings (SSSR count). The van der Waals surface area contributed by atoms with Gasteiger partial charge in [-0.3, -0.25) is 4.79 Å². The lowest BCUT2D eigenvalue weighted by molar-refractivity contribution is -0.137. The minimum Gasteiger partial charge on any atom is -0.326 e. The Kier molecular flexibility index (Phi) is 5.45. The van der Waals surface area contributed by atoms with Crippen LogP contribution in [0.2, 0.25) is 0 Å². The maximum Gasteiger partial charge on any atom is 0.416 e. The van der Waals surface area contributed by atoms with Gasteiger partial charge in [0.25, 0.3) is 0 Å². The van der Waals surface area contributed by atoms with Crippen molar-refractivity contribution in [2.75, 3.05) is 18.4 Å². The Morgan fingerprint density at radius 2 is 2.05 bits per heavy atom. The third kappa shape index (κ3) is 4.73. The van der Waals surface area contributed by atoms with Gasteiger partial charge in [-0.05, 0) is 56.0 Å². The number of hydrogen-bond donors (Lipinski definition) is 2. The van der Waals surface area contributed by atoms with Crippen LogP contribution < -0.4 is 10.6 Å². The Balaban J connectivity index is 1.91. The minimum absolute atomic E-state index is 0.192. The Bertz CT molecular complexity index is 510. The molecule has 1 aromatic rings. The predicted molar refractivity (Wildman–Crippen MR) is 79.4 cm³/mol. The van der Waals surface area contributed by atoms with Crippen LogP contribution in [0.3, 0.4) is 0 Å². The van der Waals surface area contributed by atoms with E-state index in [2.05, 4.69) is 10.6 Å². The molecule has 1 aliphatic heterocycles. The van der Waals surface area contributed by atoms with Crippen molar-refractivity contribution < 1.29 is 18.0 Å². The largest absolute Gasteiger partial charge is 0.416 e. The van der Waals surface area contributed by atoms with E-state index < -0.39 is 11.7 Å². The molecule has 0 saturated carbocycles. The van der Waals surface area contributed by atoms with Gasteiger partial charge in [0.15, 0.2) is 0 Å². The van der Waals surface area contributed by atoms with Crippen LogP contribution in [0.15, 0.2) is 24.3 Å². The Morgan fingerprint density at radius 1 is 1.36 bits per heavy atom. The monoisotopic (exact) mass is 314 g/mol. The summed E-state index contributed by atoms with van der Waals surface area (Å²) in [4.78, 5) is 12.0. The third-order valence-electron chi connectivity index (χ3n) is 4.17. The average Bonchev–Trinajstić information content (AvgIpc) is 2.47. The predicted octanol–water partition coefficient (Wildman–Crippen LogP) is 3.67. The van der Waals surface area contributed by atoms with Crippen molar-refractivity contribution in [3.05, 3.63) is 29.8 Å². The van der Waals surface area contributed by atoms with Gasteiger partial charge in [-0.1, -0.05) is 13.0 Å². The van der Waals surface area contributed by atoms with Crippen molar-refractivity contribution in [2.24, 2.45) is 11.8 Å². The zero-order chi connectivity index (χ0) is 16.2. The number of benzene rings is 1. The second-order valence-electron chi connectivity index (χ2n) is 5.90. The molecular formula is C16H21F3N2O. The molecule has 6 heteroatoms. The van der Waals surface area contributed by atoms with Gasteiger partial charge in [-0.15, -0.1) is 0 Å². The van der Waals surface area contributed by atoms with E-state index in [4.69, 9.17) is 0 Å². The highest BCUT2D eigenvalue weighted by atomic mass is 19.4. The van der Waals surface area contributed by atoms with E-state index in [1.165, 1.54) is 12.1 Å². The topological polar surface area (TPSA) is 41.1 Å². The number of hydrogen-bond acceptors (Lipinski definition) is 2. The lowest BCUT2D eigenvalue weighted by Gasteiger charge is -2.27. The van der Waals surface area contributed by atoms with Crippen molar-refractivity contribution in [1.29, 1.82) is 0 Å². The Morgan fingerprint density at radius 3 is 2.68 bits per heavy atom. The number of piperidine rings is 1.